The fourth-order valence-electron chi connectivity index (χ4n) is 3.45. The van der Waals surface area contributed by atoms with Crippen molar-refractivity contribution in [1.82, 2.24) is 0 Å². The number of carbonyl (C=O) groups is 2. The quantitative estimate of drug-likeness (QED) is 0.834. The largest absolute Gasteiger partial charge is 0.321 e. The van der Waals surface area contributed by atoms with Gasteiger partial charge >= 0.3 is 0 Å². The Morgan fingerprint density at radius 2 is 1.71 bits per heavy atom. The summed E-state index contributed by atoms with van der Waals surface area (Å²) in [6, 6.07) is 12.1. The van der Waals surface area contributed by atoms with E-state index in [4.69, 9.17) is 0 Å². The van der Waals surface area contributed by atoms with Gasteiger partial charge in [0.05, 0.1) is 17.4 Å². The van der Waals surface area contributed by atoms with Crippen molar-refractivity contribution in [3.05, 3.63) is 59.2 Å². The summed E-state index contributed by atoms with van der Waals surface area (Å²) >= 11 is 0. The van der Waals surface area contributed by atoms with E-state index in [-0.39, 0.29) is 17.3 Å². The van der Waals surface area contributed by atoms with Crippen LogP contribution in [0.4, 0.5) is 11.4 Å². The summed E-state index contributed by atoms with van der Waals surface area (Å²) < 4.78 is 25.5. The van der Waals surface area contributed by atoms with E-state index in [1.54, 1.807) is 19.1 Å². The average molecular weight is 401 g/mol. The van der Waals surface area contributed by atoms with Crippen LogP contribution in [0.25, 0.3) is 0 Å². The Morgan fingerprint density at radius 3 is 2.25 bits per heavy atom. The summed E-state index contributed by atoms with van der Waals surface area (Å²) in [4.78, 5) is 25.2. The van der Waals surface area contributed by atoms with Gasteiger partial charge in [-0.15, -0.1) is 0 Å². The number of hydrogen-bond donors (Lipinski definition) is 1. The molecule has 0 spiro atoms. The van der Waals surface area contributed by atoms with Crippen molar-refractivity contribution in [2.45, 2.75) is 33.6 Å². The van der Waals surface area contributed by atoms with Crippen molar-refractivity contribution in [2.24, 2.45) is 5.92 Å². The second kappa shape index (κ2) is 7.75. The number of anilines is 2. The van der Waals surface area contributed by atoms with Crippen molar-refractivity contribution >= 4 is 33.2 Å². The van der Waals surface area contributed by atoms with Crippen LogP contribution in [0, 0.1) is 5.92 Å². The van der Waals surface area contributed by atoms with Crippen molar-refractivity contribution in [3.63, 3.8) is 0 Å². The third-order valence-corrected chi connectivity index (χ3v) is 6.81. The normalized spacial score (nSPS) is 18.3. The number of sulfonamides is 1. The van der Waals surface area contributed by atoms with Crippen LogP contribution in [-0.2, 0) is 27.7 Å². The summed E-state index contributed by atoms with van der Waals surface area (Å²) in [5.74, 6) is -1.62. The van der Waals surface area contributed by atoms with Crippen LogP contribution >= 0.6 is 0 Å². The van der Waals surface area contributed by atoms with Crippen molar-refractivity contribution in [2.75, 3.05) is 15.4 Å². The Balaban J connectivity index is 1.94. The number of para-hydroxylation sites is 1. The summed E-state index contributed by atoms with van der Waals surface area (Å²) in [6.07, 6.45) is 1.56. The number of nitrogens with one attached hydrogen (secondary N) is 1. The van der Waals surface area contributed by atoms with E-state index >= 15 is 0 Å². The third-order valence-electron chi connectivity index (χ3n) is 4.94. The van der Waals surface area contributed by atoms with E-state index < -0.39 is 21.8 Å². The van der Waals surface area contributed by atoms with Gasteiger partial charge in [0.15, 0.2) is 0 Å². The minimum atomic E-state index is -3.71. The number of nitrogens with zero attached hydrogens (tertiary/aromatic N) is 1. The molecule has 2 amide bonds. The lowest BCUT2D eigenvalue weighted by Crippen LogP contribution is -2.30. The topological polar surface area (TPSA) is 83.6 Å². The highest BCUT2D eigenvalue weighted by molar-refractivity contribution is 7.94. The van der Waals surface area contributed by atoms with Gasteiger partial charge in [-0.2, -0.15) is 0 Å². The maximum Gasteiger partial charge on any atom is 0.255 e. The second-order valence-corrected chi connectivity index (χ2v) is 8.81. The van der Waals surface area contributed by atoms with Crippen molar-refractivity contribution < 1.29 is 18.0 Å². The Bertz CT molecular complexity index is 1010. The molecule has 6 nitrogen and oxygen atoms in total. The number of benzene rings is 2. The van der Waals surface area contributed by atoms with Gasteiger partial charge in [-0.05, 0) is 42.2 Å². The summed E-state index contributed by atoms with van der Waals surface area (Å²) in [5, 5.41) is 2.96. The standard InChI is InChI=1S/C21H24N2O4S/c1-4-15-8-6-9-16(5-2)19(15)22-20(24)17-10-7-11-18(12-17)23-21(25)14(3)13-28(23,26)27/h6-12,14H,4-5,13H2,1-3H3,(H,22,24)/t14-/m0/s1. The van der Waals surface area contributed by atoms with Crippen molar-refractivity contribution in [1.29, 1.82) is 0 Å². The van der Waals surface area contributed by atoms with Crippen LogP contribution < -0.4 is 9.62 Å². The zero-order chi connectivity index (χ0) is 20.5. The fraction of sp³-hybridized carbons (Fsp3) is 0.333. The molecule has 1 saturated heterocycles. The number of amides is 2. The minimum Gasteiger partial charge on any atom is -0.321 e. The molecular weight excluding hydrogens is 376 g/mol. The molecule has 0 radical (unpaired) electrons. The van der Waals surface area contributed by atoms with Crippen LogP contribution in [0.15, 0.2) is 42.5 Å². The molecular formula is C21H24N2O4S. The van der Waals surface area contributed by atoms with Gasteiger partial charge in [-0.1, -0.05) is 45.0 Å². The molecule has 0 bridgehead atoms. The third kappa shape index (κ3) is 3.67. The van der Waals surface area contributed by atoms with E-state index in [2.05, 4.69) is 5.32 Å². The first-order valence-electron chi connectivity index (χ1n) is 9.37. The van der Waals surface area contributed by atoms with Crippen LogP contribution in [0.2, 0.25) is 0 Å². The highest BCUT2D eigenvalue weighted by Crippen LogP contribution is 2.29. The van der Waals surface area contributed by atoms with Gasteiger partial charge in [-0.25, -0.2) is 12.7 Å². The maximum atomic E-state index is 12.9. The summed E-state index contributed by atoms with van der Waals surface area (Å²) in [6.45, 7) is 5.64. The van der Waals surface area contributed by atoms with E-state index in [9.17, 15) is 18.0 Å². The molecule has 0 aliphatic carbocycles. The number of hydrogen-bond acceptors (Lipinski definition) is 4. The van der Waals surface area contributed by atoms with E-state index in [1.165, 1.54) is 12.1 Å². The summed E-state index contributed by atoms with van der Waals surface area (Å²) in [5.41, 5.74) is 3.36. The lowest BCUT2D eigenvalue weighted by atomic mass is 10.0. The average Bonchev–Trinajstić information content (AvgIpc) is 2.88. The molecule has 2 aromatic rings. The molecule has 1 atom stereocenters. The fourth-order valence-corrected chi connectivity index (χ4v) is 5.26. The SMILES string of the molecule is CCc1cccc(CC)c1NC(=O)c1cccc(N2C(=O)[C@@H](C)CS2(=O)=O)c1. The van der Waals surface area contributed by atoms with E-state index in [0.717, 1.165) is 34.0 Å². The van der Waals surface area contributed by atoms with Gasteiger partial charge in [0.1, 0.15) is 0 Å². The lowest BCUT2D eigenvalue weighted by Gasteiger charge is -2.17. The molecule has 0 saturated carbocycles. The lowest BCUT2D eigenvalue weighted by molar-refractivity contribution is -0.119. The summed E-state index contributed by atoms with van der Waals surface area (Å²) in [7, 11) is -3.71. The highest BCUT2D eigenvalue weighted by Gasteiger charge is 2.42. The van der Waals surface area contributed by atoms with Gasteiger partial charge in [0.2, 0.25) is 15.9 Å². The van der Waals surface area contributed by atoms with Gasteiger partial charge in [0.25, 0.3) is 5.91 Å². The van der Waals surface area contributed by atoms with Crippen LogP contribution in [0.5, 0.6) is 0 Å². The van der Waals surface area contributed by atoms with Gasteiger partial charge in [-0.3, -0.25) is 9.59 Å². The molecule has 2 aromatic carbocycles. The molecule has 1 N–H and O–H groups in total. The first-order valence-corrected chi connectivity index (χ1v) is 11.0. The van der Waals surface area contributed by atoms with Gasteiger partial charge in [0, 0.05) is 11.3 Å². The molecule has 1 fully saturated rings. The number of aryl methyl sites for hydroxylation is 2. The monoisotopic (exact) mass is 400 g/mol. The Hall–Kier alpha value is -2.67. The number of carbonyl (C=O) groups excluding carboxylic acids is 2. The predicted octanol–water partition coefficient (Wildman–Crippen LogP) is 3.38. The molecule has 28 heavy (non-hydrogen) atoms. The minimum absolute atomic E-state index is 0.196. The van der Waals surface area contributed by atoms with Crippen molar-refractivity contribution in [3.8, 4) is 0 Å². The zero-order valence-electron chi connectivity index (χ0n) is 16.2. The van der Waals surface area contributed by atoms with E-state index in [0.29, 0.717) is 5.56 Å². The maximum absolute atomic E-state index is 12.9. The van der Waals surface area contributed by atoms with Crippen LogP contribution in [0.1, 0.15) is 42.3 Å². The highest BCUT2D eigenvalue weighted by atomic mass is 32.2. The van der Waals surface area contributed by atoms with E-state index in [1.807, 2.05) is 32.0 Å². The first kappa shape index (κ1) is 20.1. The molecule has 3 rings (SSSR count). The van der Waals surface area contributed by atoms with Gasteiger partial charge < -0.3 is 5.32 Å². The zero-order valence-corrected chi connectivity index (χ0v) is 17.0. The Morgan fingerprint density at radius 1 is 1.11 bits per heavy atom. The second-order valence-electron chi connectivity index (χ2n) is 6.95. The first-order chi connectivity index (χ1) is 13.3. The number of rotatable bonds is 5. The van der Waals surface area contributed by atoms with Crippen LogP contribution in [0.3, 0.4) is 0 Å². The smallest absolute Gasteiger partial charge is 0.255 e. The Labute approximate surface area is 165 Å². The molecule has 148 valence electrons. The molecule has 1 aliphatic rings. The molecule has 1 aliphatic heterocycles. The molecule has 7 heteroatoms. The molecule has 1 heterocycles. The van der Waals surface area contributed by atoms with Crippen LogP contribution in [-0.4, -0.2) is 26.0 Å². The predicted molar refractivity (Wildman–Crippen MR) is 110 cm³/mol. The Kier molecular flexibility index (Phi) is 5.56. The molecule has 0 unspecified atom stereocenters. The molecule has 0 aromatic heterocycles.